The van der Waals surface area contributed by atoms with Crippen LogP contribution in [0, 0.1) is 13.8 Å². The maximum Gasteiger partial charge on any atom is 0.241 e. The van der Waals surface area contributed by atoms with Gasteiger partial charge in [-0.05, 0) is 49.9 Å². The summed E-state index contributed by atoms with van der Waals surface area (Å²) in [4.78, 5) is 13.7. The molecule has 1 aromatic carbocycles. The summed E-state index contributed by atoms with van der Waals surface area (Å²) in [6, 6.07) is 6.67. The molecule has 1 N–H and O–H groups in total. The van der Waals surface area contributed by atoms with E-state index >= 15 is 0 Å². The lowest BCUT2D eigenvalue weighted by Gasteiger charge is -2.17. The highest BCUT2D eigenvalue weighted by Gasteiger charge is 2.29. The van der Waals surface area contributed by atoms with E-state index < -0.39 is 0 Å². The Labute approximate surface area is 103 Å². The van der Waals surface area contributed by atoms with Crippen LogP contribution >= 0.6 is 0 Å². The number of hydrogen-bond acceptors (Lipinski definition) is 2. The minimum atomic E-state index is 0.172. The molecule has 92 valence electrons. The molecule has 0 spiro atoms. The Morgan fingerprint density at radius 1 is 1.35 bits per heavy atom. The van der Waals surface area contributed by atoms with E-state index in [1.54, 1.807) is 0 Å². The Morgan fingerprint density at radius 3 is 2.65 bits per heavy atom. The zero-order chi connectivity index (χ0) is 12.4. The predicted octanol–water partition coefficient (Wildman–Crippen LogP) is 2.34. The summed E-state index contributed by atoms with van der Waals surface area (Å²) in [5.41, 5.74) is 3.54. The summed E-state index contributed by atoms with van der Waals surface area (Å²) in [7, 11) is 1.89. The molecule has 1 aliphatic rings. The van der Waals surface area contributed by atoms with Gasteiger partial charge in [-0.1, -0.05) is 6.07 Å². The van der Waals surface area contributed by atoms with Crippen molar-refractivity contribution in [3.63, 3.8) is 0 Å². The van der Waals surface area contributed by atoms with Gasteiger partial charge < -0.3 is 10.2 Å². The molecular weight excluding hydrogens is 212 g/mol. The van der Waals surface area contributed by atoms with Crippen LogP contribution in [0.3, 0.4) is 0 Å². The molecule has 17 heavy (non-hydrogen) atoms. The Hall–Kier alpha value is -1.51. The summed E-state index contributed by atoms with van der Waals surface area (Å²) in [6.45, 7) is 4.55. The number of benzene rings is 1. The van der Waals surface area contributed by atoms with Crippen LogP contribution in [0.1, 0.15) is 24.0 Å². The SMILES string of the molecule is Cc1ccc(NCC(=O)N(C)C2CC2)cc1C. The second kappa shape index (κ2) is 4.78. The third-order valence-corrected chi connectivity index (χ3v) is 3.44. The second-order valence-electron chi connectivity index (χ2n) is 4.89. The fraction of sp³-hybridized carbons (Fsp3) is 0.500. The fourth-order valence-corrected chi connectivity index (χ4v) is 1.82. The molecule has 1 fully saturated rings. The first-order valence-electron chi connectivity index (χ1n) is 6.14. The summed E-state index contributed by atoms with van der Waals surface area (Å²) >= 11 is 0. The lowest BCUT2D eigenvalue weighted by molar-refractivity contribution is -0.128. The van der Waals surface area contributed by atoms with E-state index in [-0.39, 0.29) is 5.91 Å². The van der Waals surface area contributed by atoms with Crippen LogP contribution in [0.4, 0.5) is 5.69 Å². The summed E-state index contributed by atoms with van der Waals surface area (Å²) in [6.07, 6.45) is 2.32. The molecule has 0 aromatic heterocycles. The number of carbonyl (C=O) groups excluding carboxylic acids is 1. The summed E-state index contributed by atoms with van der Waals surface area (Å²) in [5.74, 6) is 0.172. The van der Waals surface area contributed by atoms with Crippen molar-refractivity contribution in [1.29, 1.82) is 0 Å². The van der Waals surface area contributed by atoms with Gasteiger partial charge in [0.25, 0.3) is 0 Å². The largest absolute Gasteiger partial charge is 0.376 e. The first-order valence-corrected chi connectivity index (χ1v) is 6.14. The number of amides is 1. The van der Waals surface area contributed by atoms with E-state index in [1.807, 2.05) is 18.0 Å². The van der Waals surface area contributed by atoms with Crippen molar-refractivity contribution >= 4 is 11.6 Å². The van der Waals surface area contributed by atoms with Gasteiger partial charge in [0.1, 0.15) is 0 Å². The monoisotopic (exact) mass is 232 g/mol. The molecule has 1 saturated carbocycles. The second-order valence-corrected chi connectivity index (χ2v) is 4.89. The van der Waals surface area contributed by atoms with Crippen molar-refractivity contribution in [3.8, 4) is 0 Å². The molecular formula is C14H20N2O. The van der Waals surface area contributed by atoms with Crippen molar-refractivity contribution in [3.05, 3.63) is 29.3 Å². The van der Waals surface area contributed by atoms with Crippen molar-refractivity contribution in [2.24, 2.45) is 0 Å². The van der Waals surface area contributed by atoms with Crippen LogP contribution in [-0.4, -0.2) is 30.4 Å². The highest BCUT2D eigenvalue weighted by Crippen LogP contribution is 2.25. The number of anilines is 1. The molecule has 0 unspecified atom stereocenters. The van der Waals surface area contributed by atoms with Gasteiger partial charge in [-0.2, -0.15) is 0 Å². The van der Waals surface area contributed by atoms with Crippen LogP contribution in [-0.2, 0) is 4.79 Å². The summed E-state index contributed by atoms with van der Waals surface area (Å²) in [5, 5.41) is 3.18. The van der Waals surface area contributed by atoms with Gasteiger partial charge in [0.05, 0.1) is 6.54 Å². The number of aryl methyl sites for hydroxylation is 2. The average molecular weight is 232 g/mol. The quantitative estimate of drug-likeness (QED) is 0.864. The standard InChI is InChI=1S/C14H20N2O/c1-10-4-5-12(8-11(10)2)15-9-14(17)16(3)13-6-7-13/h4-5,8,13,15H,6-7,9H2,1-3H3. The van der Waals surface area contributed by atoms with E-state index in [4.69, 9.17) is 0 Å². The highest BCUT2D eigenvalue weighted by molar-refractivity contribution is 5.81. The number of hydrogen-bond donors (Lipinski definition) is 1. The zero-order valence-corrected chi connectivity index (χ0v) is 10.8. The Bertz CT molecular complexity index is 424. The number of carbonyl (C=O) groups is 1. The normalized spacial score (nSPS) is 14.5. The lowest BCUT2D eigenvalue weighted by Crippen LogP contribution is -2.33. The van der Waals surface area contributed by atoms with E-state index in [0.29, 0.717) is 12.6 Å². The van der Waals surface area contributed by atoms with Crippen molar-refractivity contribution < 1.29 is 4.79 Å². The Morgan fingerprint density at radius 2 is 2.06 bits per heavy atom. The van der Waals surface area contributed by atoms with Crippen LogP contribution in [0.5, 0.6) is 0 Å². The van der Waals surface area contributed by atoms with Gasteiger partial charge in [0.2, 0.25) is 5.91 Å². The lowest BCUT2D eigenvalue weighted by atomic mass is 10.1. The number of likely N-dealkylation sites (N-methyl/N-ethyl adjacent to an activating group) is 1. The molecule has 1 aromatic rings. The van der Waals surface area contributed by atoms with Gasteiger partial charge in [0.15, 0.2) is 0 Å². The average Bonchev–Trinajstić information content (AvgIpc) is 3.13. The smallest absolute Gasteiger partial charge is 0.241 e. The van der Waals surface area contributed by atoms with Crippen molar-refractivity contribution in [1.82, 2.24) is 4.90 Å². The fourth-order valence-electron chi connectivity index (χ4n) is 1.82. The molecule has 3 nitrogen and oxygen atoms in total. The topological polar surface area (TPSA) is 32.3 Å². The van der Waals surface area contributed by atoms with E-state index in [1.165, 1.54) is 11.1 Å². The highest BCUT2D eigenvalue weighted by atomic mass is 16.2. The van der Waals surface area contributed by atoms with E-state index in [9.17, 15) is 4.79 Å². The van der Waals surface area contributed by atoms with E-state index in [2.05, 4.69) is 31.3 Å². The van der Waals surface area contributed by atoms with Gasteiger partial charge in [0, 0.05) is 18.8 Å². The molecule has 2 rings (SSSR count). The third kappa shape index (κ3) is 2.99. The number of nitrogens with one attached hydrogen (secondary N) is 1. The van der Waals surface area contributed by atoms with Crippen LogP contribution < -0.4 is 5.32 Å². The van der Waals surface area contributed by atoms with Gasteiger partial charge >= 0.3 is 0 Å². The van der Waals surface area contributed by atoms with E-state index in [0.717, 1.165) is 18.5 Å². The minimum absolute atomic E-state index is 0.172. The molecule has 1 aliphatic carbocycles. The molecule has 0 heterocycles. The molecule has 0 radical (unpaired) electrons. The molecule has 1 amide bonds. The molecule has 0 bridgehead atoms. The maximum atomic E-state index is 11.8. The first-order chi connectivity index (χ1) is 8.08. The van der Waals surface area contributed by atoms with Gasteiger partial charge in [-0.3, -0.25) is 4.79 Å². The Kier molecular flexibility index (Phi) is 3.36. The number of rotatable bonds is 4. The van der Waals surface area contributed by atoms with Crippen molar-refractivity contribution in [2.45, 2.75) is 32.7 Å². The first kappa shape index (κ1) is 12.0. The molecule has 0 atom stereocenters. The Balaban J connectivity index is 1.88. The molecule has 0 saturated heterocycles. The predicted molar refractivity (Wildman–Crippen MR) is 70.2 cm³/mol. The zero-order valence-electron chi connectivity index (χ0n) is 10.8. The maximum absolute atomic E-state index is 11.8. The molecule has 0 aliphatic heterocycles. The van der Waals surface area contributed by atoms with Gasteiger partial charge in [-0.25, -0.2) is 0 Å². The van der Waals surface area contributed by atoms with Crippen LogP contribution in [0.25, 0.3) is 0 Å². The number of nitrogens with zero attached hydrogens (tertiary/aromatic N) is 1. The molecule has 3 heteroatoms. The minimum Gasteiger partial charge on any atom is -0.376 e. The summed E-state index contributed by atoms with van der Waals surface area (Å²) < 4.78 is 0. The van der Waals surface area contributed by atoms with Gasteiger partial charge in [-0.15, -0.1) is 0 Å². The van der Waals surface area contributed by atoms with Crippen LogP contribution in [0.2, 0.25) is 0 Å². The third-order valence-electron chi connectivity index (χ3n) is 3.44. The van der Waals surface area contributed by atoms with Crippen molar-refractivity contribution in [2.75, 3.05) is 18.9 Å². The van der Waals surface area contributed by atoms with Crippen LogP contribution in [0.15, 0.2) is 18.2 Å².